The van der Waals surface area contributed by atoms with Gasteiger partial charge in [-0.1, -0.05) is 0 Å². The number of halogens is 3. The van der Waals surface area contributed by atoms with E-state index in [1.165, 1.54) is 6.20 Å². The number of hydrogen-bond acceptors (Lipinski definition) is 6. The topological polar surface area (TPSA) is 65.4 Å². The third kappa shape index (κ3) is 4.96. The van der Waals surface area contributed by atoms with Crippen molar-refractivity contribution in [2.24, 2.45) is 0 Å². The summed E-state index contributed by atoms with van der Waals surface area (Å²) in [7, 11) is 0. The van der Waals surface area contributed by atoms with Crippen molar-refractivity contribution < 1.29 is 18.3 Å². The number of alkyl halides is 3. The maximum atomic E-state index is 13.4. The van der Waals surface area contributed by atoms with Crippen molar-refractivity contribution in [2.75, 3.05) is 31.1 Å². The molecule has 0 radical (unpaired) electrons. The van der Waals surface area contributed by atoms with Crippen LogP contribution in [-0.4, -0.2) is 62.8 Å². The Kier molecular flexibility index (Phi) is 5.58. The molecule has 1 saturated heterocycles. The van der Waals surface area contributed by atoms with Gasteiger partial charge in [-0.3, -0.25) is 9.88 Å². The third-order valence-electron chi connectivity index (χ3n) is 4.54. The molecule has 3 heterocycles. The van der Waals surface area contributed by atoms with Crippen molar-refractivity contribution in [1.82, 2.24) is 19.9 Å². The fraction of sp³-hybridized carbons (Fsp3) is 0.526. The van der Waals surface area contributed by atoms with E-state index in [1.54, 1.807) is 32.2 Å². The lowest BCUT2D eigenvalue weighted by Gasteiger charge is -2.42. The summed E-state index contributed by atoms with van der Waals surface area (Å²) in [6.45, 7) is 7.69. The normalized spacial score (nSPS) is 19.1. The van der Waals surface area contributed by atoms with Gasteiger partial charge in [-0.25, -0.2) is 9.97 Å². The van der Waals surface area contributed by atoms with Crippen LogP contribution in [0, 0.1) is 0 Å². The standard InChI is InChI=1S/C19H24F3N5O/c1-13-11-26(12-18(2,3)28)7-8-27(13)16-9-15(19(20,21)22)24-17(25-16)14-5-4-6-23-10-14/h4-6,9-10,13,28H,7-8,11-12H2,1-3H3. The van der Waals surface area contributed by atoms with E-state index in [9.17, 15) is 18.3 Å². The molecule has 0 aromatic carbocycles. The monoisotopic (exact) mass is 395 g/mol. The Hall–Kier alpha value is -2.26. The van der Waals surface area contributed by atoms with Gasteiger partial charge in [0.15, 0.2) is 11.5 Å². The van der Waals surface area contributed by atoms with E-state index in [4.69, 9.17) is 0 Å². The fourth-order valence-corrected chi connectivity index (χ4v) is 3.42. The molecule has 1 atom stereocenters. The quantitative estimate of drug-likeness (QED) is 0.859. The summed E-state index contributed by atoms with van der Waals surface area (Å²) in [5, 5.41) is 10.0. The highest BCUT2D eigenvalue weighted by atomic mass is 19.4. The van der Waals surface area contributed by atoms with Crippen LogP contribution in [0.2, 0.25) is 0 Å². The van der Waals surface area contributed by atoms with E-state index in [0.29, 0.717) is 31.7 Å². The molecule has 0 saturated carbocycles. The molecule has 2 aromatic rings. The van der Waals surface area contributed by atoms with Crippen molar-refractivity contribution in [3.8, 4) is 11.4 Å². The van der Waals surface area contributed by atoms with Crippen LogP contribution in [0.3, 0.4) is 0 Å². The molecule has 1 fully saturated rings. The highest BCUT2D eigenvalue weighted by molar-refractivity contribution is 5.57. The first-order chi connectivity index (χ1) is 13.0. The van der Waals surface area contributed by atoms with Crippen molar-refractivity contribution in [3.63, 3.8) is 0 Å². The predicted molar refractivity (Wildman–Crippen MR) is 99.8 cm³/mol. The van der Waals surface area contributed by atoms with E-state index in [2.05, 4.69) is 19.9 Å². The fourth-order valence-electron chi connectivity index (χ4n) is 3.42. The number of aromatic nitrogens is 3. The van der Waals surface area contributed by atoms with Gasteiger partial charge in [-0.05, 0) is 32.9 Å². The highest BCUT2D eigenvalue weighted by Gasteiger charge is 2.35. The molecule has 6 nitrogen and oxygen atoms in total. The van der Waals surface area contributed by atoms with Gasteiger partial charge in [-0.2, -0.15) is 13.2 Å². The lowest BCUT2D eigenvalue weighted by molar-refractivity contribution is -0.141. The Balaban J connectivity index is 1.91. The van der Waals surface area contributed by atoms with Gasteiger partial charge in [0.05, 0.1) is 5.60 Å². The summed E-state index contributed by atoms with van der Waals surface area (Å²) in [5.41, 5.74) is -1.36. The number of β-amino-alcohol motifs (C(OH)–C–C–N with tert-alkyl or cyclic N) is 1. The summed E-state index contributed by atoms with van der Waals surface area (Å²) in [6, 6.07) is 4.21. The van der Waals surface area contributed by atoms with Gasteiger partial charge in [0.1, 0.15) is 5.82 Å². The molecule has 0 bridgehead atoms. The number of aliphatic hydroxyl groups is 1. The van der Waals surface area contributed by atoms with Gasteiger partial charge in [0.2, 0.25) is 0 Å². The first-order valence-electron chi connectivity index (χ1n) is 9.11. The SMILES string of the molecule is CC1CN(CC(C)(C)O)CCN1c1cc(C(F)(F)F)nc(-c2cccnc2)n1. The average Bonchev–Trinajstić information content (AvgIpc) is 2.60. The van der Waals surface area contributed by atoms with Crippen molar-refractivity contribution in [1.29, 1.82) is 0 Å². The minimum absolute atomic E-state index is 0.00375. The average molecular weight is 395 g/mol. The van der Waals surface area contributed by atoms with Crippen molar-refractivity contribution >= 4 is 5.82 Å². The van der Waals surface area contributed by atoms with Crippen molar-refractivity contribution in [3.05, 3.63) is 36.3 Å². The maximum absolute atomic E-state index is 13.4. The van der Waals surface area contributed by atoms with Crippen LogP contribution in [-0.2, 0) is 6.18 Å². The largest absolute Gasteiger partial charge is 0.433 e. The Bertz CT molecular complexity index is 807. The van der Waals surface area contributed by atoms with Crippen LogP contribution < -0.4 is 4.90 Å². The van der Waals surface area contributed by atoms with Gasteiger partial charge in [0.25, 0.3) is 0 Å². The van der Waals surface area contributed by atoms with Gasteiger partial charge < -0.3 is 10.0 Å². The second-order valence-electron chi connectivity index (χ2n) is 7.76. The summed E-state index contributed by atoms with van der Waals surface area (Å²) < 4.78 is 40.2. The highest BCUT2D eigenvalue weighted by Crippen LogP contribution is 2.32. The Morgan fingerprint density at radius 2 is 1.96 bits per heavy atom. The first-order valence-corrected chi connectivity index (χ1v) is 9.11. The van der Waals surface area contributed by atoms with Gasteiger partial charge in [0, 0.05) is 56.2 Å². The lowest BCUT2D eigenvalue weighted by atomic mass is 10.1. The van der Waals surface area contributed by atoms with E-state index < -0.39 is 17.5 Å². The summed E-state index contributed by atoms with van der Waals surface area (Å²) in [5.74, 6) is 0.251. The maximum Gasteiger partial charge on any atom is 0.433 e. The zero-order chi connectivity index (χ0) is 20.5. The van der Waals surface area contributed by atoms with E-state index >= 15 is 0 Å². The second kappa shape index (κ2) is 7.63. The Morgan fingerprint density at radius 1 is 1.21 bits per heavy atom. The summed E-state index contributed by atoms with van der Waals surface area (Å²) in [4.78, 5) is 16.0. The predicted octanol–water partition coefficient (Wildman–Crippen LogP) is 2.84. The van der Waals surface area contributed by atoms with Crippen LogP contribution in [0.1, 0.15) is 26.5 Å². The number of hydrogen-bond donors (Lipinski definition) is 1. The molecule has 3 rings (SSSR count). The third-order valence-corrected chi connectivity index (χ3v) is 4.54. The zero-order valence-corrected chi connectivity index (χ0v) is 16.1. The smallest absolute Gasteiger partial charge is 0.389 e. The van der Waals surface area contributed by atoms with E-state index in [1.807, 2.05) is 11.8 Å². The lowest BCUT2D eigenvalue weighted by Crippen LogP contribution is -2.55. The number of pyridine rings is 1. The molecule has 28 heavy (non-hydrogen) atoms. The number of nitrogens with zero attached hydrogens (tertiary/aromatic N) is 5. The molecule has 0 amide bonds. The van der Waals surface area contributed by atoms with Crippen LogP contribution in [0.4, 0.5) is 19.0 Å². The zero-order valence-electron chi connectivity index (χ0n) is 16.1. The first kappa shape index (κ1) is 20.5. The van der Waals surface area contributed by atoms with E-state index in [-0.39, 0.29) is 17.7 Å². The van der Waals surface area contributed by atoms with Crippen LogP contribution in [0.5, 0.6) is 0 Å². The minimum atomic E-state index is -4.57. The van der Waals surface area contributed by atoms with Crippen LogP contribution >= 0.6 is 0 Å². The number of piperazine rings is 1. The van der Waals surface area contributed by atoms with Gasteiger partial charge in [-0.15, -0.1) is 0 Å². The second-order valence-corrected chi connectivity index (χ2v) is 7.76. The molecule has 1 unspecified atom stereocenters. The van der Waals surface area contributed by atoms with Gasteiger partial charge >= 0.3 is 6.18 Å². The molecule has 1 N–H and O–H groups in total. The summed E-state index contributed by atoms with van der Waals surface area (Å²) in [6.07, 6.45) is -1.58. The molecular formula is C19H24F3N5O. The van der Waals surface area contributed by atoms with E-state index in [0.717, 1.165) is 6.07 Å². The van der Waals surface area contributed by atoms with Crippen LogP contribution in [0.25, 0.3) is 11.4 Å². The number of anilines is 1. The molecule has 152 valence electrons. The molecule has 2 aromatic heterocycles. The van der Waals surface area contributed by atoms with Crippen LogP contribution in [0.15, 0.2) is 30.6 Å². The molecule has 0 spiro atoms. The summed E-state index contributed by atoms with van der Waals surface area (Å²) >= 11 is 0. The molecule has 1 aliphatic rings. The molecule has 9 heteroatoms. The Labute approximate surface area is 162 Å². The minimum Gasteiger partial charge on any atom is -0.389 e. The molecular weight excluding hydrogens is 371 g/mol. The van der Waals surface area contributed by atoms with Crippen molar-refractivity contribution in [2.45, 2.75) is 38.6 Å². The number of rotatable bonds is 4. The molecule has 0 aliphatic carbocycles. The Morgan fingerprint density at radius 3 is 2.54 bits per heavy atom. The molecule has 1 aliphatic heterocycles.